The van der Waals surface area contributed by atoms with Crippen LogP contribution in [0.4, 0.5) is 5.82 Å². The first-order valence-electron chi connectivity index (χ1n) is 7.89. The van der Waals surface area contributed by atoms with Crippen LogP contribution in [0.2, 0.25) is 0 Å². The van der Waals surface area contributed by atoms with Gasteiger partial charge >= 0.3 is 0 Å². The number of anilines is 1. The monoisotopic (exact) mass is 277 g/mol. The smallest absolute Gasteiger partial charge is 0.129 e. The van der Waals surface area contributed by atoms with E-state index in [1.807, 2.05) is 0 Å². The first kappa shape index (κ1) is 17.0. The van der Waals surface area contributed by atoms with Crippen molar-refractivity contribution in [2.75, 3.05) is 18.0 Å². The molecule has 0 aliphatic heterocycles. The predicted molar refractivity (Wildman–Crippen MR) is 88.3 cm³/mol. The van der Waals surface area contributed by atoms with Crippen LogP contribution in [0.5, 0.6) is 0 Å². The number of pyridine rings is 1. The third-order valence-electron chi connectivity index (χ3n) is 3.24. The standard InChI is InChI=1S/C17H31N3/c1-7-8-18-11-16-9-15(6)19-17(10-16)20(14(4)5)12-13(2)3/h9-10,13-14,18H,7-8,11-12H2,1-6H3. The molecule has 0 unspecified atom stereocenters. The molecule has 0 saturated heterocycles. The first-order chi connectivity index (χ1) is 9.43. The number of aromatic nitrogens is 1. The second kappa shape index (κ2) is 8.25. The normalized spacial score (nSPS) is 11.4. The second-order valence-electron chi connectivity index (χ2n) is 6.29. The highest BCUT2D eigenvalue weighted by atomic mass is 15.2. The lowest BCUT2D eigenvalue weighted by Crippen LogP contribution is -2.35. The van der Waals surface area contributed by atoms with Gasteiger partial charge in [0.05, 0.1) is 0 Å². The highest BCUT2D eigenvalue weighted by Gasteiger charge is 2.14. The van der Waals surface area contributed by atoms with Crippen molar-refractivity contribution in [2.45, 2.75) is 60.5 Å². The van der Waals surface area contributed by atoms with Crippen molar-refractivity contribution in [3.05, 3.63) is 23.4 Å². The third kappa shape index (κ3) is 5.49. The van der Waals surface area contributed by atoms with Gasteiger partial charge in [-0.15, -0.1) is 0 Å². The molecule has 114 valence electrons. The Bertz CT molecular complexity index is 399. The number of hydrogen-bond acceptors (Lipinski definition) is 3. The molecule has 1 aromatic rings. The molecule has 0 aliphatic rings. The van der Waals surface area contributed by atoms with Gasteiger partial charge in [0.1, 0.15) is 5.82 Å². The van der Waals surface area contributed by atoms with Gasteiger partial charge in [-0.05, 0) is 57.4 Å². The van der Waals surface area contributed by atoms with Crippen molar-refractivity contribution in [1.82, 2.24) is 10.3 Å². The Kier molecular flexibility index (Phi) is 7.00. The third-order valence-corrected chi connectivity index (χ3v) is 3.24. The molecule has 1 aromatic heterocycles. The Labute approximate surface area is 124 Å². The van der Waals surface area contributed by atoms with Crippen LogP contribution in [0, 0.1) is 12.8 Å². The van der Waals surface area contributed by atoms with Gasteiger partial charge in [-0.25, -0.2) is 4.98 Å². The molecule has 0 aliphatic carbocycles. The predicted octanol–water partition coefficient (Wildman–Crippen LogP) is 3.76. The molecular weight excluding hydrogens is 246 g/mol. The lowest BCUT2D eigenvalue weighted by Gasteiger charge is -2.30. The Morgan fingerprint density at radius 1 is 1.20 bits per heavy atom. The van der Waals surface area contributed by atoms with Gasteiger partial charge in [0.25, 0.3) is 0 Å². The molecule has 1 rings (SSSR count). The zero-order chi connectivity index (χ0) is 15.1. The summed E-state index contributed by atoms with van der Waals surface area (Å²) in [5.41, 5.74) is 2.43. The molecule has 0 atom stereocenters. The van der Waals surface area contributed by atoms with E-state index >= 15 is 0 Å². The molecule has 0 fully saturated rings. The molecule has 1 N–H and O–H groups in total. The first-order valence-corrected chi connectivity index (χ1v) is 7.89. The molecule has 1 heterocycles. The Morgan fingerprint density at radius 3 is 2.45 bits per heavy atom. The zero-order valence-electron chi connectivity index (χ0n) is 14.0. The van der Waals surface area contributed by atoms with E-state index in [0.717, 1.165) is 31.1 Å². The fourth-order valence-corrected chi connectivity index (χ4v) is 2.34. The summed E-state index contributed by atoms with van der Waals surface area (Å²) in [7, 11) is 0. The minimum Gasteiger partial charge on any atom is -0.354 e. The minimum absolute atomic E-state index is 0.475. The fourth-order valence-electron chi connectivity index (χ4n) is 2.34. The minimum atomic E-state index is 0.475. The Hall–Kier alpha value is -1.09. The molecule has 0 aromatic carbocycles. The van der Waals surface area contributed by atoms with E-state index in [-0.39, 0.29) is 0 Å². The van der Waals surface area contributed by atoms with Crippen molar-refractivity contribution < 1.29 is 0 Å². The van der Waals surface area contributed by atoms with E-state index in [0.29, 0.717) is 12.0 Å². The van der Waals surface area contributed by atoms with Crippen molar-refractivity contribution >= 4 is 5.82 Å². The van der Waals surface area contributed by atoms with Gasteiger partial charge < -0.3 is 10.2 Å². The van der Waals surface area contributed by atoms with Crippen LogP contribution in [0.15, 0.2) is 12.1 Å². The van der Waals surface area contributed by atoms with E-state index in [1.54, 1.807) is 0 Å². The molecule has 3 heteroatoms. The summed E-state index contributed by atoms with van der Waals surface area (Å²) < 4.78 is 0. The van der Waals surface area contributed by atoms with E-state index in [9.17, 15) is 0 Å². The van der Waals surface area contributed by atoms with Crippen LogP contribution < -0.4 is 10.2 Å². The average Bonchev–Trinajstić information content (AvgIpc) is 2.35. The quantitative estimate of drug-likeness (QED) is 0.733. The van der Waals surface area contributed by atoms with Crippen LogP contribution in [0.3, 0.4) is 0 Å². The maximum atomic E-state index is 4.73. The molecule has 0 amide bonds. The molecule has 0 radical (unpaired) electrons. The SMILES string of the molecule is CCCNCc1cc(C)nc(N(CC(C)C)C(C)C)c1. The van der Waals surface area contributed by atoms with E-state index in [2.05, 4.69) is 63.9 Å². The Morgan fingerprint density at radius 2 is 1.90 bits per heavy atom. The van der Waals surface area contributed by atoms with Crippen molar-refractivity contribution in [2.24, 2.45) is 5.92 Å². The van der Waals surface area contributed by atoms with Crippen LogP contribution in [-0.4, -0.2) is 24.1 Å². The highest BCUT2D eigenvalue weighted by Crippen LogP contribution is 2.19. The summed E-state index contributed by atoms with van der Waals surface area (Å²) >= 11 is 0. The molecule has 20 heavy (non-hydrogen) atoms. The summed E-state index contributed by atoms with van der Waals surface area (Å²) in [6, 6.07) is 4.89. The topological polar surface area (TPSA) is 28.2 Å². The highest BCUT2D eigenvalue weighted by molar-refractivity contribution is 5.43. The van der Waals surface area contributed by atoms with Gasteiger partial charge in [0.15, 0.2) is 0 Å². The number of rotatable bonds is 8. The van der Waals surface area contributed by atoms with Crippen LogP contribution >= 0.6 is 0 Å². The van der Waals surface area contributed by atoms with Crippen molar-refractivity contribution in [1.29, 1.82) is 0 Å². The second-order valence-corrected chi connectivity index (χ2v) is 6.29. The van der Waals surface area contributed by atoms with Gasteiger partial charge in [-0.3, -0.25) is 0 Å². The number of nitrogens with one attached hydrogen (secondary N) is 1. The lowest BCUT2D eigenvalue weighted by atomic mass is 10.1. The van der Waals surface area contributed by atoms with Gasteiger partial charge in [-0.2, -0.15) is 0 Å². The molecule has 0 bridgehead atoms. The number of aryl methyl sites for hydroxylation is 1. The van der Waals surface area contributed by atoms with E-state index in [1.165, 1.54) is 12.0 Å². The lowest BCUT2D eigenvalue weighted by molar-refractivity contribution is 0.565. The number of nitrogens with zero attached hydrogens (tertiary/aromatic N) is 2. The summed E-state index contributed by atoms with van der Waals surface area (Å²) in [6.45, 7) is 16.3. The van der Waals surface area contributed by atoms with Gasteiger partial charge in [-0.1, -0.05) is 20.8 Å². The summed E-state index contributed by atoms with van der Waals surface area (Å²) in [4.78, 5) is 7.14. The maximum Gasteiger partial charge on any atom is 0.129 e. The summed E-state index contributed by atoms with van der Waals surface area (Å²) in [5.74, 6) is 1.75. The fraction of sp³-hybridized carbons (Fsp3) is 0.706. The summed E-state index contributed by atoms with van der Waals surface area (Å²) in [6.07, 6.45) is 1.17. The van der Waals surface area contributed by atoms with Crippen molar-refractivity contribution in [3.8, 4) is 0 Å². The molecule has 0 spiro atoms. The maximum absolute atomic E-state index is 4.73. The zero-order valence-corrected chi connectivity index (χ0v) is 14.0. The van der Waals surface area contributed by atoms with E-state index in [4.69, 9.17) is 4.98 Å². The van der Waals surface area contributed by atoms with Gasteiger partial charge in [0.2, 0.25) is 0 Å². The van der Waals surface area contributed by atoms with Gasteiger partial charge in [0, 0.05) is 24.8 Å². The van der Waals surface area contributed by atoms with Crippen LogP contribution in [0.25, 0.3) is 0 Å². The molecule has 3 nitrogen and oxygen atoms in total. The molecule has 0 saturated carbocycles. The number of hydrogen-bond donors (Lipinski definition) is 1. The van der Waals surface area contributed by atoms with Crippen LogP contribution in [0.1, 0.15) is 52.3 Å². The van der Waals surface area contributed by atoms with E-state index < -0.39 is 0 Å². The molecular formula is C17H31N3. The largest absolute Gasteiger partial charge is 0.354 e. The average molecular weight is 277 g/mol. The summed E-state index contributed by atoms with van der Waals surface area (Å²) in [5, 5.41) is 3.47. The van der Waals surface area contributed by atoms with Crippen molar-refractivity contribution in [3.63, 3.8) is 0 Å². The van der Waals surface area contributed by atoms with Crippen LogP contribution in [-0.2, 0) is 6.54 Å². The Balaban J connectivity index is 2.91.